The second kappa shape index (κ2) is 21.0. The largest absolute Gasteiger partial charge is 0.480 e. The fourth-order valence-corrected chi connectivity index (χ4v) is 5.31. The highest BCUT2D eigenvalue weighted by molar-refractivity contribution is 9.10. The van der Waals surface area contributed by atoms with Crippen molar-refractivity contribution >= 4 is 62.3 Å². The maximum absolute atomic E-state index is 9.07. The number of halogens is 5. The van der Waals surface area contributed by atoms with Crippen LogP contribution in [0.1, 0.15) is 27.9 Å². The first-order valence-electron chi connectivity index (χ1n) is 15.3. The highest BCUT2D eigenvalue weighted by atomic mass is 79.9. The topological polar surface area (TPSA) is 136 Å². The number of terminal acetylenes is 1. The highest BCUT2D eigenvalue weighted by Gasteiger charge is 2.15. The number of ether oxygens (including phenoxy) is 4. The van der Waals surface area contributed by atoms with E-state index in [9.17, 15) is 0 Å². The number of hydrogen-bond donors (Lipinski definition) is 0. The third kappa shape index (κ3) is 12.8. The molecule has 0 saturated carbocycles. The average Bonchev–Trinajstić information content (AvgIpc) is 3.20. The number of pyridine rings is 4. The van der Waals surface area contributed by atoms with E-state index in [4.69, 9.17) is 82.3 Å². The van der Waals surface area contributed by atoms with Crippen LogP contribution in [0.25, 0.3) is 0 Å². The van der Waals surface area contributed by atoms with Gasteiger partial charge in [0.1, 0.15) is 31.8 Å². The zero-order valence-corrected chi connectivity index (χ0v) is 33.1. The standard InChI is InChI=1S/C20H11Cl2N3O2.C13H7BrCl2N2O2.C7H5N/c1-26-20-19(22)18(27-17-8-14(11-23)7-15(21)9-17)10-16(25-20)5-4-13-3-2-6-24-12-13;1-19-13-12(16)10(5-11(14)18-13)20-9-3-7(6-17)2-8(15)4-9;1-2-7-3-5-8-6-4-7/h2-3,6-10,12H,1H3;2-5H,1H3;1,3-6H. The molecule has 0 fully saturated rings. The van der Waals surface area contributed by atoms with Crippen molar-refractivity contribution in [3.63, 3.8) is 0 Å². The van der Waals surface area contributed by atoms with Crippen LogP contribution >= 0.6 is 62.3 Å². The normalized spacial score (nSPS) is 9.53. The molecule has 0 unspecified atom stereocenters. The summed E-state index contributed by atoms with van der Waals surface area (Å²) in [6.45, 7) is 0. The molecule has 0 saturated heterocycles. The summed E-state index contributed by atoms with van der Waals surface area (Å²) in [5.74, 6) is 10.2. The lowest BCUT2D eigenvalue weighted by molar-refractivity contribution is 0.391. The van der Waals surface area contributed by atoms with Gasteiger partial charge < -0.3 is 18.9 Å². The van der Waals surface area contributed by atoms with Gasteiger partial charge in [-0.25, -0.2) is 9.97 Å². The number of nitriles is 2. The summed E-state index contributed by atoms with van der Waals surface area (Å²) in [4.78, 5) is 16.1. The van der Waals surface area contributed by atoms with Gasteiger partial charge in [-0.05, 0) is 82.5 Å². The van der Waals surface area contributed by atoms with Gasteiger partial charge in [-0.15, -0.1) is 6.42 Å². The van der Waals surface area contributed by atoms with Crippen molar-refractivity contribution in [3.8, 4) is 71.1 Å². The molecule has 4 heterocycles. The molecular formula is C40H23BrCl4N6O4. The molecule has 6 rings (SSSR count). The molecule has 15 heteroatoms. The number of hydrogen-bond acceptors (Lipinski definition) is 10. The van der Waals surface area contributed by atoms with Crippen LogP contribution in [-0.2, 0) is 0 Å². The molecular weight excluding hydrogens is 850 g/mol. The fraction of sp³-hybridized carbons (Fsp3) is 0.0500. The Morgan fingerprint density at radius 3 is 1.69 bits per heavy atom. The Balaban J connectivity index is 0.000000209. The van der Waals surface area contributed by atoms with Crippen LogP contribution in [0.15, 0.2) is 102 Å². The molecule has 6 aromatic rings. The van der Waals surface area contributed by atoms with E-state index in [-0.39, 0.29) is 27.6 Å². The van der Waals surface area contributed by atoms with Crippen molar-refractivity contribution in [3.05, 3.63) is 150 Å². The summed E-state index contributed by atoms with van der Waals surface area (Å²) >= 11 is 27.6. The van der Waals surface area contributed by atoms with E-state index in [1.807, 2.05) is 18.2 Å². The summed E-state index contributed by atoms with van der Waals surface area (Å²) in [5, 5.41) is 19.2. The average molecular weight is 873 g/mol. The fourth-order valence-electron chi connectivity index (χ4n) is 4.07. The summed E-state index contributed by atoms with van der Waals surface area (Å²) in [5.41, 5.74) is 2.77. The van der Waals surface area contributed by atoms with E-state index >= 15 is 0 Å². The van der Waals surface area contributed by atoms with E-state index in [1.54, 1.807) is 85.5 Å². The Kier molecular flexibility index (Phi) is 15.9. The summed E-state index contributed by atoms with van der Waals surface area (Å²) in [6, 6.07) is 23.8. The molecule has 0 radical (unpaired) electrons. The molecule has 55 heavy (non-hydrogen) atoms. The molecule has 0 bridgehead atoms. The first-order valence-corrected chi connectivity index (χ1v) is 17.6. The van der Waals surface area contributed by atoms with Crippen molar-refractivity contribution in [2.24, 2.45) is 0 Å². The maximum Gasteiger partial charge on any atom is 0.237 e. The molecule has 0 aliphatic heterocycles. The van der Waals surface area contributed by atoms with E-state index < -0.39 is 0 Å². The zero-order chi connectivity index (χ0) is 39.7. The van der Waals surface area contributed by atoms with Crippen molar-refractivity contribution in [1.82, 2.24) is 19.9 Å². The van der Waals surface area contributed by atoms with Gasteiger partial charge in [0.25, 0.3) is 0 Å². The van der Waals surface area contributed by atoms with Crippen molar-refractivity contribution in [1.29, 1.82) is 10.5 Å². The van der Waals surface area contributed by atoms with Gasteiger partial charge in [-0.2, -0.15) is 10.5 Å². The van der Waals surface area contributed by atoms with Gasteiger partial charge in [-0.3, -0.25) is 9.97 Å². The third-order valence-corrected chi connectivity index (χ3v) is 7.98. The zero-order valence-electron chi connectivity index (χ0n) is 28.5. The molecule has 0 aliphatic rings. The molecule has 2 aromatic carbocycles. The van der Waals surface area contributed by atoms with Crippen LogP contribution in [0.5, 0.6) is 34.8 Å². The van der Waals surface area contributed by atoms with E-state index in [1.165, 1.54) is 20.3 Å². The van der Waals surface area contributed by atoms with E-state index in [2.05, 4.69) is 53.6 Å². The number of rotatable bonds is 6. The second-order valence-electron chi connectivity index (χ2n) is 10.2. The molecule has 0 amide bonds. The van der Waals surface area contributed by atoms with Crippen LogP contribution in [0, 0.1) is 46.8 Å². The number of aromatic nitrogens is 4. The first-order chi connectivity index (χ1) is 26.5. The van der Waals surface area contributed by atoms with Gasteiger partial charge in [0.2, 0.25) is 11.8 Å². The molecule has 0 aliphatic carbocycles. The Morgan fingerprint density at radius 1 is 0.636 bits per heavy atom. The van der Waals surface area contributed by atoms with Crippen LogP contribution in [0.3, 0.4) is 0 Å². The van der Waals surface area contributed by atoms with E-state index in [0.717, 1.165) is 11.1 Å². The summed E-state index contributed by atoms with van der Waals surface area (Å²) < 4.78 is 22.2. The van der Waals surface area contributed by atoms with Crippen molar-refractivity contribution in [2.45, 2.75) is 0 Å². The third-order valence-electron chi connectivity index (χ3n) is 6.44. The Morgan fingerprint density at radius 2 is 1.20 bits per heavy atom. The van der Waals surface area contributed by atoms with Crippen LogP contribution < -0.4 is 18.9 Å². The Bertz CT molecular complexity index is 2480. The second-order valence-corrected chi connectivity index (χ2v) is 12.7. The van der Waals surface area contributed by atoms with Gasteiger partial charge in [0.05, 0.1) is 37.5 Å². The van der Waals surface area contributed by atoms with Crippen molar-refractivity contribution < 1.29 is 18.9 Å². The van der Waals surface area contributed by atoms with Crippen molar-refractivity contribution in [2.75, 3.05) is 14.2 Å². The van der Waals surface area contributed by atoms with Gasteiger partial charge in [0, 0.05) is 58.1 Å². The first kappa shape index (κ1) is 41.7. The van der Waals surface area contributed by atoms with Crippen LogP contribution in [0.4, 0.5) is 0 Å². The predicted octanol–water partition coefficient (Wildman–Crippen LogP) is 10.7. The Labute approximate surface area is 345 Å². The molecule has 0 atom stereocenters. The molecule has 0 spiro atoms. The monoisotopic (exact) mass is 870 g/mol. The number of methoxy groups -OCH3 is 2. The lowest BCUT2D eigenvalue weighted by Gasteiger charge is -2.11. The van der Waals surface area contributed by atoms with Crippen LogP contribution in [-0.4, -0.2) is 34.2 Å². The Hall–Kier alpha value is -6.02. The predicted molar refractivity (Wildman–Crippen MR) is 214 cm³/mol. The summed E-state index contributed by atoms with van der Waals surface area (Å²) in [6.07, 6.45) is 11.7. The van der Waals surface area contributed by atoms with Gasteiger partial charge >= 0.3 is 0 Å². The quantitative estimate of drug-likeness (QED) is 0.117. The highest BCUT2D eigenvalue weighted by Crippen LogP contribution is 2.39. The molecule has 4 aromatic heterocycles. The van der Waals surface area contributed by atoms with E-state index in [0.29, 0.717) is 48.7 Å². The molecule has 272 valence electrons. The smallest absolute Gasteiger partial charge is 0.237 e. The minimum Gasteiger partial charge on any atom is -0.480 e. The van der Waals surface area contributed by atoms with Gasteiger partial charge in [-0.1, -0.05) is 58.2 Å². The minimum absolute atomic E-state index is 0.173. The van der Waals surface area contributed by atoms with Crippen LogP contribution in [0.2, 0.25) is 20.1 Å². The summed E-state index contributed by atoms with van der Waals surface area (Å²) in [7, 11) is 2.90. The minimum atomic E-state index is 0.173. The lowest BCUT2D eigenvalue weighted by Crippen LogP contribution is -1.96. The maximum atomic E-state index is 9.07. The number of benzene rings is 2. The van der Waals surface area contributed by atoms with Gasteiger partial charge in [0.15, 0.2) is 11.5 Å². The SMILES string of the molecule is C#Cc1ccncc1.COc1nc(Br)cc(Oc2cc(Cl)cc(C#N)c2)c1Cl.COc1nc(C#Cc2cccnc2)cc(Oc2cc(Cl)cc(C#N)c2)c1Cl. The molecule has 0 N–H and O–H groups in total. The molecule has 10 nitrogen and oxygen atoms in total. The lowest BCUT2D eigenvalue weighted by atomic mass is 10.2. The number of nitrogens with zero attached hydrogens (tertiary/aromatic N) is 6.